The first kappa shape index (κ1) is 17.4. The number of hydrogen-bond acceptors (Lipinski definition) is 4. The van der Waals surface area contributed by atoms with E-state index in [4.69, 9.17) is 0 Å². The number of carbonyl (C=O) groups excluding carboxylic acids is 3. The van der Waals surface area contributed by atoms with Gasteiger partial charge in [0.05, 0.1) is 6.54 Å². The number of nitrogens with zero attached hydrogens (tertiary/aromatic N) is 2. The molecule has 0 bridgehead atoms. The molecule has 0 saturated carbocycles. The highest BCUT2D eigenvalue weighted by Crippen LogP contribution is 2.26. The van der Waals surface area contributed by atoms with Crippen molar-refractivity contribution < 1.29 is 14.4 Å². The number of rotatable bonds is 5. The Balaban J connectivity index is 1.66. The lowest BCUT2D eigenvalue weighted by atomic mass is 9.99. The SMILES string of the molecule is CCN(CC)Cc1ccc(C(=O)N2CC[C@]3(C2)NC(=O)NC3=O)cc1. The Morgan fingerprint density at radius 2 is 1.88 bits per heavy atom. The van der Waals surface area contributed by atoms with Crippen molar-refractivity contribution in [2.75, 3.05) is 26.2 Å². The van der Waals surface area contributed by atoms with E-state index in [1.807, 2.05) is 24.3 Å². The van der Waals surface area contributed by atoms with Gasteiger partial charge in [0.1, 0.15) is 5.54 Å². The Labute approximate surface area is 147 Å². The number of amides is 4. The van der Waals surface area contributed by atoms with Crippen LogP contribution in [0.15, 0.2) is 24.3 Å². The third-order valence-electron chi connectivity index (χ3n) is 5.07. The third kappa shape index (κ3) is 3.37. The van der Waals surface area contributed by atoms with Crippen LogP contribution in [0.4, 0.5) is 4.79 Å². The van der Waals surface area contributed by atoms with Crippen molar-refractivity contribution in [1.82, 2.24) is 20.4 Å². The monoisotopic (exact) mass is 344 g/mol. The average Bonchev–Trinajstić information content (AvgIpc) is 3.16. The quantitative estimate of drug-likeness (QED) is 0.780. The van der Waals surface area contributed by atoms with Gasteiger partial charge in [-0.25, -0.2) is 4.79 Å². The fourth-order valence-electron chi connectivity index (χ4n) is 3.44. The zero-order valence-electron chi connectivity index (χ0n) is 14.7. The summed E-state index contributed by atoms with van der Waals surface area (Å²) >= 11 is 0. The van der Waals surface area contributed by atoms with Crippen molar-refractivity contribution in [2.24, 2.45) is 0 Å². The maximum absolute atomic E-state index is 12.7. The molecule has 25 heavy (non-hydrogen) atoms. The van der Waals surface area contributed by atoms with Crippen LogP contribution in [0.3, 0.4) is 0 Å². The van der Waals surface area contributed by atoms with E-state index in [0.717, 1.165) is 19.6 Å². The van der Waals surface area contributed by atoms with E-state index in [1.165, 1.54) is 5.56 Å². The molecule has 2 aliphatic rings. The van der Waals surface area contributed by atoms with Crippen LogP contribution in [-0.4, -0.2) is 59.4 Å². The van der Waals surface area contributed by atoms with Gasteiger partial charge in [0.2, 0.25) is 0 Å². The molecule has 2 heterocycles. The minimum absolute atomic E-state index is 0.111. The van der Waals surface area contributed by atoms with Crippen LogP contribution in [0.25, 0.3) is 0 Å². The molecule has 2 aliphatic heterocycles. The van der Waals surface area contributed by atoms with Gasteiger partial charge in [-0.1, -0.05) is 26.0 Å². The van der Waals surface area contributed by atoms with Gasteiger partial charge in [-0.15, -0.1) is 0 Å². The molecule has 1 spiro atoms. The van der Waals surface area contributed by atoms with Gasteiger partial charge < -0.3 is 10.2 Å². The molecule has 1 aromatic rings. The van der Waals surface area contributed by atoms with Crippen LogP contribution in [0.5, 0.6) is 0 Å². The summed E-state index contributed by atoms with van der Waals surface area (Å²) in [6.45, 7) is 7.76. The summed E-state index contributed by atoms with van der Waals surface area (Å²) in [5, 5.41) is 4.91. The number of nitrogens with one attached hydrogen (secondary N) is 2. The fraction of sp³-hybridized carbons (Fsp3) is 0.500. The van der Waals surface area contributed by atoms with E-state index in [9.17, 15) is 14.4 Å². The topological polar surface area (TPSA) is 81.8 Å². The molecule has 2 fully saturated rings. The smallest absolute Gasteiger partial charge is 0.322 e. The van der Waals surface area contributed by atoms with Crippen LogP contribution in [0.1, 0.15) is 36.2 Å². The van der Waals surface area contributed by atoms with Crippen molar-refractivity contribution in [3.05, 3.63) is 35.4 Å². The summed E-state index contributed by atoms with van der Waals surface area (Å²) in [7, 11) is 0. The number of urea groups is 1. The maximum atomic E-state index is 12.7. The maximum Gasteiger partial charge on any atom is 0.322 e. The van der Waals surface area contributed by atoms with Gasteiger partial charge in [0.15, 0.2) is 0 Å². The molecule has 134 valence electrons. The predicted octanol–water partition coefficient (Wildman–Crippen LogP) is 0.953. The van der Waals surface area contributed by atoms with Crippen LogP contribution in [0, 0.1) is 0 Å². The van der Waals surface area contributed by atoms with Crippen molar-refractivity contribution >= 4 is 17.8 Å². The first-order chi connectivity index (χ1) is 12.0. The Morgan fingerprint density at radius 1 is 1.20 bits per heavy atom. The number of likely N-dealkylation sites (tertiary alicyclic amines) is 1. The molecule has 2 N–H and O–H groups in total. The summed E-state index contributed by atoms with van der Waals surface area (Å²) in [5.41, 5.74) is 0.806. The van der Waals surface area contributed by atoms with E-state index < -0.39 is 11.6 Å². The number of carbonyl (C=O) groups is 3. The highest BCUT2D eigenvalue weighted by atomic mass is 16.2. The van der Waals surface area contributed by atoms with Crippen LogP contribution in [0.2, 0.25) is 0 Å². The van der Waals surface area contributed by atoms with Gasteiger partial charge in [-0.05, 0) is 37.2 Å². The van der Waals surface area contributed by atoms with Gasteiger partial charge >= 0.3 is 6.03 Å². The van der Waals surface area contributed by atoms with E-state index in [-0.39, 0.29) is 18.4 Å². The number of imide groups is 1. The molecule has 1 aromatic carbocycles. The summed E-state index contributed by atoms with van der Waals surface area (Å²) in [6, 6.07) is 7.13. The van der Waals surface area contributed by atoms with Crippen LogP contribution in [-0.2, 0) is 11.3 Å². The minimum atomic E-state index is -0.963. The normalized spacial score (nSPS) is 22.6. The summed E-state index contributed by atoms with van der Waals surface area (Å²) < 4.78 is 0. The lowest BCUT2D eigenvalue weighted by molar-refractivity contribution is -0.123. The van der Waals surface area contributed by atoms with Gasteiger partial charge in [-0.3, -0.25) is 19.8 Å². The Kier molecular flexibility index (Phi) is 4.76. The third-order valence-corrected chi connectivity index (χ3v) is 5.07. The molecule has 7 heteroatoms. The van der Waals surface area contributed by atoms with E-state index in [1.54, 1.807) is 4.90 Å². The summed E-state index contributed by atoms with van der Waals surface area (Å²) in [6.07, 6.45) is 0.441. The lowest BCUT2D eigenvalue weighted by Gasteiger charge is -2.21. The highest BCUT2D eigenvalue weighted by molar-refractivity contribution is 6.08. The van der Waals surface area contributed by atoms with Crippen molar-refractivity contribution in [2.45, 2.75) is 32.4 Å². The predicted molar refractivity (Wildman–Crippen MR) is 93.0 cm³/mol. The van der Waals surface area contributed by atoms with Gasteiger partial charge in [-0.2, -0.15) is 0 Å². The second-order valence-electron chi connectivity index (χ2n) is 6.63. The van der Waals surface area contributed by atoms with E-state index in [0.29, 0.717) is 18.5 Å². The second kappa shape index (κ2) is 6.84. The molecular weight excluding hydrogens is 320 g/mol. The van der Waals surface area contributed by atoms with Crippen molar-refractivity contribution in [3.8, 4) is 0 Å². The molecule has 0 unspecified atom stereocenters. The fourth-order valence-corrected chi connectivity index (χ4v) is 3.44. The van der Waals surface area contributed by atoms with Crippen LogP contribution >= 0.6 is 0 Å². The molecule has 0 radical (unpaired) electrons. The van der Waals surface area contributed by atoms with Crippen LogP contribution < -0.4 is 10.6 Å². The largest absolute Gasteiger partial charge is 0.336 e. The summed E-state index contributed by atoms with van der Waals surface area (Å²) in [5.74, 6) is -0.456. The number of hydrogen-bond donors (Lipinski definition) is 2. The second-order valence-corrected chi connectivity index (χ2v) is 6.63. The zero-order chi connectivity index (χ0) is 18.0. The molecule has 3 rings (SSSR count). The Morgan fingerprint density at radius 3 is 2.44 bits per heavy atom. The Hall–Kier alpha value is -2.41. The van der Waals surface area contributed by atoms with Crippen molar-refractivity contribution in [1.29, 1.82) is 0 Å². The van der Waals surface area contributed by atoms with Gasteiger partial charge in [0, 0.05) is 18.7 Å². The van der Waals surface area contributed by atoms with E-state index >= 15 is 0 Å². The van der Waals surface area contributed by atoms with E-state index in [2.05, 4.69) is 29.4 Å². The highest BCUT2D eigenvalue weighted by Gasteiger charge is 2.51. The summed E-state index contributed by atoms with van der Waals surface area (Å²) in [4.78, 5) is 40.0. The molecule has 2 saturated heterocycles. The molecule has 7 nitrogen and oxygen atoms in total. The first-order valence-electron chi connectivity index (χ1n) is 8.71. The molecule has 1 atom stereocenters. The average molecular weight is 344 g/mol. The lowest BCUT2D eigenvalue weighted by Crippen LogP contribution is -2.49. The molecule has 0 aromatic heterocycles. The standard InChI is InChI=1S/C18H24N4O3/c1-3-21(4-2)11-13-5-7-14(8-6-13)15(23)22-10-9-18(12-22)16(24)19-17(25)20-18/h5-8H,3-4,9-12H2,1-2H3,(H2,19,20,24,25)/t18-/m1/s1. The minimum Gasteiger partial charge on any atom is -0.336 e. The first-order valence-corrected chi connectivity index (χ1v) is 8.71. The van der Waals surface area contributed by atoms with Crippen molar-refractivity contribution in [3.63, 3.8) is 0 Å². The Bertz CT molecular complexity index is 684. The van der Waals surface area contributed by atoms with Gasteiger partial charge in [0.25, 0.3) is 11.8 Å². The molecule has 4 amide bonds. The molecule has 0 aliphatic carbocycles. The zero-order valence-corrected chi connectivity index (χ0v) is 14.7. The number of benzene rings is 1. The molecular formula is C18H24N4O3.